The molecule has 15 nitrogen and oxygen atoms in total. The topological polar surface area (TPSA) is 268 Å². The van der Waals surface area contributed by atoms with Crippen molar-refractivity contribution >= 4 is 41.5 Å². The first kappa shape index (κ1) is 28.2. The van der Waals surface area contributed by atoms with E-state index in [4.69, 9.17) is 26.8 Å². The Morgan fingerprint density at radius 3 is 1.62 bits per heavy atom. The lowest BCUT2D eigenvalue weighted by atomic mass is 10.0. The number of aliphatic carboxylic acids is 3. The summed E-state index contributed by atoms with van der Waals surface area (Å²) in [5.74, 6) is -9.26. The molecule has 0 aliphatic carbocycles. The van der Waals surface area contributed by atoms with Crippen LogP contribution in [-0.2, 0) is 33.6 Å². The zero-order valence-corrected chi connectivity index (χ0v) is 17.4. The molecule has 0 aromatic heterocycles. The van der Waals surface area contributed by atoms with E-state index in [0.29, 0.717) is 0 Å². The van der Waals surface area contributed by atoms with Gasteiger partial charge >= 0.3 is 17.9 Å². The predicted molar refractivity (Wildman–Crippen MR) is 105 cm³/mol. The summed E-state index contributed by atoms with van der Waals surface area (Å²) < 4.78 is 0. The standard InChI is InChI=1S/C17H27N5O10/c1-6(2)13(22-14(28)7(18)3-11(24)25)16(30)20-8(4-10(19)23)15(29)21-9(17(31)32)5-12(26)27/h6-9,13H,3-5,18H2,1-2H3,(H2,19,23)(H,20,30)(H,21,29)(H,22,28)(H,24,25)(H,26,27)(H,31,32). The van der Waals surface area contributed by atoms with Gasteiger partial charge in [0, 0.05) is 0 Å². The molecule has 0 aliphatic heterocycles. The Bertz CT molecular complexity index is 769. The minimum Gasteiger partial charge on any atom is -0.481 e. The van der Waals surface area contributed by atoms with E-state index in [1.54, 1.807) is 0 Å². The summed E-state index contributed by atoms with van der Waals surface area (Å²) in [6.45, 7) is 3.04. The Balaban J connectivity index is 5.49. The van der Waals surface area contributed by atoms with Gasteiger partial charge in [-0.2, -0.15) is 0 Å². The molecule has 15 heteroatoms. The van der Waals surface area contributed by atoms with Gasteiger partial charge in [0.05, 0.1) is 25.3 Å². The molecule has 32 heavy (non-hydrogen) atoms. The third kappa shape index (κ3) is 10.3. The molecule has 4 amide bonds. The van der Waals surface area contributed by atoms with Crippen LogP contribution in [0, 0.1) is 5.92 Å². The molecule has 0 bridgehead atoms. The van der Waals surface area contributed by atoms with E-state index in [2.05, 4.69) is 10.6 Å². The van der Waals surface area contributed by atoms with Crippen LogP contribution in [0.3, 0.4) is 0 Å². The Labute approximate surface area is 181 Å². The summed E-state index contributed by atoms with van der Waals surface area (Å²) in [7, 11) is 0. The van der Waals surface area contributed by atoms with E-state index in [-0.39, 0.29) is 0 Å². The first-order valence-electron chi connectivity index (χ1n) is 9.27. The summed E-state index contributed by atoms with van der Waals surface area (Å²) >= 11 is 0. The van der Waals surface area contributed by atoms with Crippen LogP contribution in [0.2, 0.25) is 0 Å². The van der Waals surface area contributed by atoms with Crippen molar-refractivity contribution in [2.75, 3.05) is 0 Å². The maximum atomic E-state index is 12.6. The maximum absolute atomic E-state index is 12.6. The van der Waals surface area contributed by atoms with Gasteiger partial charge in [0.15, 0.2) is 0 Å². The number of carboxylic acid groups (broad SMARTS) is 3. The molecule has 0 aromatic rings. The highest BCUT2D eigenvalue weighted by atomic mass is 16.4. The number of amides is 4. The van der Waals surface area contributed by atoms with Crippen LogP contribution < -0.4 is 27.4 Å². The van der Waals surface area contributed by atoms with Crippen LogP contribution in [-0.4, -0.2) is 81.0 Å². The monoisotopic (exact) mass is 461 g/mol. The van der Waals surface area contributed by atoms with Crippen LogP contribution in [0.4, 0.5) is 0 Å². The zero-order valence-electron chi connectivity index (χ0n) is 17.4. The minimum absolute atomic E-state index is 0.577. The molecule has 0 fully saturated rings. The van der Waals surface area contributed by atoms with Crippen molar-refractivity contribution in [2.24, 2.45) is 17.4 Å². The molecule has 0 aromatic carbocycles. The van der Waals surface area contributed by atoms with Crippen molar-refractivity contribution in [3.63, 3.8) is 0 Å². The van der Waals surface area contributed by atoms with E-state index in [1.807, 2.05) is 5.32 Å². The molecule has 4 unspecified atom stereocenters. The van der Waals surface area contributed by atoms with Crippen LogP contribution in [0.25, 0.3) is 0 Å². The molecule has 180 valence electrons. The molecule has 0 aliphatic rings. The third-order valence-electron chi connectivity index (χ3n) is 4.01. The van der Waals surface area contributed by atoms with Gasteiger partial charge in [-0.1, -0.05) is 13.8 Å². The Kier molecular flexibility index (Phi) is 11.3. The molecule has 4 atom stereocenters. The molecule has 10 N–H and O–H groups in total. The predicted octanol–water partition coefficient (Wildman–Crippen LogP) is -3.67. The number of primary amides is 1. The number of hydrogen-bond acceptors (Lipinski definition) is 8. The van der Waals surface area contributed by atoms with Crippen LogP contribution in [0.1, 0.15) is 33.1 Å². The first-order chi connectivity index (χ1) is 14.6. The van der Waals surface area contributed by atoms with Crippen molar-refractivity contribution in [2.45, 2.75) is 57.3 Å². The van der Waals surface area contributed by atoms with Gasteiger partial charge in [-0.05, 0) is 5.92 Å². The Morgan fingerprint density at radius 1 is 0.719 bits per heavy atom. The SMILES string of the molecule is CC(C)C(NC(=O)C(N)CC(=O)O)C(=O)NC(CC(N)=O)C(=O)NC(CC(=O)O)C(=O)O. The zero-order chi connectivity index (χ0) is 25.2. The lowest BCUT2D eigenvalue weighted by molar-refractivity contribution is -0.147. The van der Waals surface area contributed by atoms with E-state index >= 15 is 0 Å². The molecular formula is C17H27N5O10. The number of rotatable bonds is 14. The molecular weight excluding hydrogens is 434 g/mol. The van der Waals surface area contributed by atoms with Crippen molar-refractivity contribution < 1.29 is 48.9 Å². The summed E-state index contributed by atoms with van der Waals surface area (Å²) in [5.41, 5.74) is 10.5. The van der Waals surface area contributed by atoms with Gasteiger partial charge in [-0.25, -0.2) is 4.79 Å². The molecule has 0 spiro atoms. The van der Waals surface area contributed by atoms with Gasteiger partial charge in [0.2, 0.25) is 23.6 Å². The fourth-order valence-electron chi connectivity index (χ4n) is 2.40. The first-order valence-corrected chi connectivity index (χ1v) is 9.27. The van der Waals surface area contributed by atoms with Crippen molar-refractivity contribution in [3.8, 4) is 0 Å². The van der Waals surface area contributed by atoms with E-state index in [0.717, 1.165) is 0 Å². The van der Waals surface area contributed by atoms with Crippen LogP contribution >= 0.6 is 0 Å². The third-order valence-corrected chi connectivity index (χ3v) is 4.01. The molecule has 0 saturated carbocycles. The number of nitrogens with two attached hydrogens (primary N) is 2. The number of hydrogen-bond donors (Lipinski definition) is 8. The second-order valence-electron chi connectivity index (χ2n) is 7.16. The Hall–Kier alpha value is -3.75. The molecule has 0 saturated heterocycles. The largest absolute Gasteiger partial charge is 0.481 e. The number of carbonyl (C=O) groups is 7. The van der Waals surface area contributed by atoms with E-state index in [9.17, 15) is 33.6 Å². The normalized spacial score (nSPS) is 14.4. The second-order valence-corrected chi connectivity index (χ2v) is 7.16. The van der Waals surface area contributed by atoms with Crippen molar-refractivity contribution in [1.29, 1.82) is 0 Å². The highest BCUT2D eigenvalue weighted by molar-refractivity contribution is 5.97. The second kappa shape index (κ2) is 12.8. The molecule has 0 heterocycles. The van der Waals surface area contributed by atoms with Crippen molar-refractivity contribution in [3.05, 3.63) is 0 Å². The summed E-state index contributed by atoms with van der Waals surface area (Å²) in [4.78, 5) is 81.0. The highest BCUT2D eigenvalue weighted by Crippen LogP contribution is 2.05. The number of carboxylic acids is 3. The Morgan fingerprint density at radius 2 is 1.22 bits per heavy atom. The van der Waals surface area contributed by atoms with Gasteiger partial charge < -0.3 is 42.7 Å². The van der Waals surface area contributed by atoms with Gasteiger partial charge in [-0.3, -0.25) is 28.8 Å². The summed E-state index contributed by atoms with van der Waals surface area (Å²) in [6.07, 6.45) is -2.43. The maximum Gasteiger partial charge on any atom is 0.326 e. The summed E-state index contributed by atoms with van der Waals surface area (Å²) in [6, 6.07) is -6.29. The fraction of sp³-hybridized carbons (Fsp3) is 0.588. The number of carbonyl (C=O) groups excluding carboxylic acids is 4. The average molecular weight is 461 g/mol. The summed E-state index contributed by atoms with van der Waals surface area (Å²) in [5, 5.41) is 32.8. The van der Waals surface area contributed by atoms with Crippen molar-refractivity contribution in [1.82, 2.24) is 16.0 Å². The van der Waals surface area contributed by atoms with E-state index < -0.39 is 90.9 Å². The fourth-order valence-corrected chi connectivity index (χ4v) is 2.40. The van der Waals surface area contributed by atoms with Gasteiger partial charge in [-0.15, -0.1) is 0 Å². The molecule has 0 rings (SSSR count). The average Bonchev–Trinajstić information content (AvgIpc) is 2.62. The van der Waals surface area contributed by atoms with Crippen LogP contribution in [0.5, 0.6) is 0 Å². The quantitative estimate of drug-likeness (QED) is 0.125. The molecule has 0 radical (unpaired) electrons. The highest BCUT2D eigenvalue weighted by Gasteiger charge is 2.33. The van der Waals surface area contributed by atoms with Gasteiger partial charge in [0.1, 0.15) is 18.1 Å². The lowest BCUT2D eigenvalue weighted by Gasteiger charge is -2.26. The van der Waals surface area contributed by atoms with E-state index in [1.165, 1.54) is 13.8 Å². The number of nitrogens with one attached hydrogen (secondary N) is 3. The smallest absolute Gasteiger partial charge is 0.326 e. The minimum atomic E-state index is -1.85. The van der Waals surface area contributed by atoms with Gasteiger partial charge in [0.25, 0.3) is 0 Å². The lowest BCUT2D eigenvalue weighted by Crippen LogP contribution is -2.59. The van der Waals surface area contributed by atoms with Crippen LogP contribution in [0.15, 0.2) is 0 Å².